The molecule has 1 amide bonds. The molecular weight excluding hydrogens is 192 g/mol. The van der Waals surface area contributed by atoms with Crippen LogP contribution in [0.1, 0.15) is 18.0 Å². The fourth-order valence-electron chi connectivity index (χ4n) is 0.768. The summed E-state index contributed by atoms with van der Waals surface area (Å²) in [7, 11) is 0. The van der Waals surface area contributed by atoms with Crippen LogP contribution in [0.2, 0.25) is 0 Å². The quantitative estimate of drug-likeness (QED) is 0.677. The maximum atomic E-state index is 10.7. The molecule has 0 aliphatic heterocycles. The molecule has 1 aromatic heterocycles. The van der Waals surface area contributed by atoms with Crippen LogP contribution in [0.4, 0.5) is 0 Å². The molecule has 6 heteroatoms. The SMILES string of the molecule is CC(NC(=O)C(=O)O)c1nccs1. The summed E-state index contributed by atoms with van der Waals surface area (Å²) < 4.78 is 0. The Bertz CT molecular complexity index is 310. The van der Waals surface area contributed by atoms with Gasteiger partial charge >= 0.3 is 11.9 Å². The van der Waals surface area contributed by atoms with E-state index in [0.717, 1.165) is 0 Å². The third kappa shape index (κ3) is 2.51. The highest BCUT2D eigenvalue weighted by molar-refractivity contribution is 7.09. The molecule has 1 heterocycles. The number of thiazole rings is 1. The van der Waals surface area contributed by atoms with Crippen LogP contribution in [0.5, 0.6) is 0 Å². The van der Waals surface area contributed by atoms with Gasteiger partial charge in [0.2, 0.25) is 0 Å². The highest BCUT2D eigenvalue weighted by Gasteiger charge is 2.16. The predicted molar refractivity (Wildman–Crippen MR) is 46.3 cm³/mol. The number of hydrogen-bond donors (Lipinski definition) is 2. The van der Waals surface area contributed by atoms with E-state index >= 15 is 0 Å². The summed E-state index contributed by atoms with van der Waals surface area (Å²) in [6, 6.07) is -0.358. The van der Waals surface area contributed by atoms with Crippen LogP contribution in [0.15, 0.2) is 11.6 Å². The van der Waals surface area contributed by atoms with E-state index in [-0.39, 0.29) is 6.04 Å². The van der Waals surface area contributed by atoms with Gasteiger partial charge in [0.25, 0.3) is 0 Å². The summed E-state index contributed by atoms with van der Waals surface area (Å²) in [4.78, 5) is 24.8. The normalized spacial score (nSPS) is 12.1. The molecule has 0 saturated carbocycles. The fraction of sp³-hybridized carbons (Fsp3) is 0.286. The molecule has 5 nitrogen and oxygen atoms in total. The molecule has 0 fully saturated rings. The van der Waals surface area contributed by atoms with E-state index in [2.05, 4.69) is 10.3 Å². The highest BCUT2D eigenvalue weighted by Crippen LogP contribution is 2.13. The molecule has 1 unspecified atom stereocenters. The lowest BCUT2D eigenvalue weighted by atomic mass is 10.3. The maximum absolute atomic E-state index is 10.7. The average molecular weight is 200 g/mol. The van der Waals surface area contributed by atoms with Gasteiger partial charge in [0.05, 0.1) is 6.04 Å². The minimum atomic E-state index is -1.48. The molecule has 1 rings (SSSR count). The van der Waals surface area contributed by atoms with Gasteiger partial charge in [-0.2, -0.15) is 0 Å². The Morgan fingerprint density at radius 3 is 2.85 bits per heavy atom. The molecule has 0 saturated heterocycles. The number of amides is 1. The van der Waals surface area contributed by atoms with Gasteiger partial charge in [-0.25, -0.2) is 9.78 Å². The number of carboxylic acids is 1. The van der Waals surface area contributed by atoms with Gasteiger partial charge in [0.1, 0.15) is 5.01 Å². The molecule has 1 aromatic rings. The summed E-state index contributed by atoms with van der Waals surface area (Å²) in [5.74, 6) is -2.49. The summed E-state index contributed by atoms with van der Waals surface area (Å²) in [5, 5.41) is 13.0. The fourth-order valence-corrected chi connectivity index (χ4v) is 1.41. The number of carbonyl (C=O) groups is 2. The Balaban J connectivity index is 2.56. The van der Waals surface area contributed by atoms with Crippen molar-refractivity contribution >= 4 is 23.2 Å². The van der Waals surface area contributed by atoms with Gasteiger partial charge in [-0.05, 0) is 6.92 Å². The summed E-state index contributed by atoms with van der Waals surface area (Å²) in [5.41, 5.74) is 0. The zero-order valence-electron chi connectivity index (χ0n) is 6.85. The molecule has 0 aromatic carbocycles. The van der Waals surface area contributed by atoms with Crippen molar-refractivity contribution in [3.8, 4) is 0 Å². The smallest absolute Gasteiger partial charge is 0.394 e. The van der Waals surface area contributed by atoms with Crippen molar-refractivity contribution in [2.75, 3.05) is 0 Å². The molecule has 1 atom stereocenters. The van der Waals surface area contributed by atoms with Crippen molar-refractivity contribution in [1.29, 1.82) is 0 Å². The first-order valence-corrected chi connectivity index (χ1v) is 4.42. The number of aromatic nitrogens is 1. The minimum absolute atomic E-state index is 0.358. The molecule has 70 valence electrons. The summed E-state index contributed by atoms with van der Waals surface area (Å²) in [6.45, 7) is 1.68. The Morgan fingerprint density at radius 2 is 2.38 bits per heavy atom. The van der Waals surface area contributed by atoms with Crippen molar-refractivity contribution in [3.63, 3.8) is 0 Å². The topological polar surface area (TPSA) is 79.3 Å². The number of nitrogens with one attached hydrogen (secondary N) is 1. The first kappa shape index (κ1) is 9.66. The molecule has 0 radical (unpaired) electrons. The van der Waals surface area contributed by atoms with E-state index in [0.29, 0.717) is 5.01 Å². The van der Waals surface area contributed by atoms with Gasteiger partial charge in [-0.1, -0.05) is 0 Å². The van der Waals surface area contributed by atoms with Gasteiger partial charge in [0, 0.05) is 11.6 Å². The summed E-state index contributed by atoms with van der Waals surface area (Å²) in [6.07, 6.45) is 1.60. The van der Waals surface area contributed by atoms with Gasteiger partial charge < -0.3 is 10.4 Å². The number of carboxylic acid groups (broad SMARTS) is 1. The average Bonchev–Trinajstić information content (AvgIpc) is 2.55. The van der Waals surface area contributed by atoms with Crippen LogP contribution in [-0.4, -0.2) is 22.0 Å². The lowest BCUT2D eigenvalue weighted by Gasteiger charge is -2.07. The minimum Gasteiger partial charge on any atom is -0.474 e. The Hall–Kier alpha value is -1.43. The van der Waals surface area contributed by atoms with Crippen LogP contribution in [-0.2, 0) is 9.59 Å². The zero-order chi connectivity index (χ0) is 9.84. The van der Waals surface area contributed by atoms with Gasteiger partial charge in [-0.3, -0.25) is 4.79 Å². The van der Waals surface area contributed by atoms with E-state index in [1.807, 2.05) is 0 Å². The molecule has 0 bridgehead atoms. The molecule has 0 spiro atoms. The zero-order valence-corrected chi connectivity index (χ0v) is 7.67. The summed E-state index contributed by atoms with van der Waals surface area (Å²) >= 11 is 1.37. The molecule has 2 N–H and O–H groups in total. The van der Waals surface area contributed by atoms with E-state index in [1.54, 1.807) is 18.5 Å². The van der Waals surface area contributed by atoms with Gasteiger partial charge in [-0.15, -0.1) is 11.3 Å². The number of rotatable bonds is 2. The van der Waals surface area contributed by atoms with Crippen LogP contribution in [0, 0.1) is 0 Å². The van der Waals surface area contributed by atoms with E-state index < -0.39 is 11.9 Å². The van der Waals surface area contributed by atoms with Crippen LogP contribution in [0.25, 0.3) is 0 Å². The largest absolute Gasteiger partial charge is 0.474 e. The Morgan fingerprint density at radius 1 is 1.69 bits per heavy atom. The van der Waals surface area contributed by atoms with Crippen molar-refractivity contribution in [2.24, 2.45) is 0 Å². The van der Waals surface area contributed by atoms with E-state index in [1.165, 1.54) is 11.3 Å². The number of nitrogens with zero attached hydrogens (tertiary/aromatic N) is 1. The monoisotopic (exact) mass is 200 g/mol. The lowest BCUT2D eigenvalue weighted by molar-refractivity contribution is -0.150. The maximum Gasteiger partial charge on any atom is 0.394 e. The van der Waals surface area contributed by atoms with Crippen molar-refractivity contribution < 1.29 is 14.7 Å². The lowest BCUT2D eigenvalue weighted by Crippen LogP contribution is -2.32. The third-order valence-electron chi connectivity index (χ3n) is 1.36. The Labute approximate surface area is 78.4 Å². The third-order valence-corrected chi connectivity index (χ3v) is 2.32. The van der Waals surface area contributed by atoms with Crippen LogP contribution < -0.4 is 5.32 Å². The van der Waals surface area contributed by atoms with Crippen LogP contribution in [0.3, 0.4) is 0 Å². The second kappa shape index (κ2) is 3.99. The molecule has 0 aliphatic carbocycles. The number of carbonyl (C=O) groups excluding carboxylic acids is 1. The first-order valence-electron chi connectivity index (χ1n) is 3.54. The van der Waals surface area contributed by atoms with Crippen molar-refractivity contribution in [3.05, 3.63) is 16.6 Å². The highest BCUT2D eigenvalue weighted by atomic mass is 32.1. The Kier molecular flexibility index (Phi) is 2.97. The number of hydrogen-bond acceptors (Lipinski definition) is 4. The van der Waals surface area contributed by atoms with Crippen molar-refractivity contribution in [1.82, 2.24) is 10.3 Å². The first-order chi connectivity index (χ1) is 6.11. The van der Waals surface area contributed by atoms with E-state index in [9.17, 15) is 9.59 Å². The number of aliphatic carboxylic acids is 1. The standard InChI is InChI=1S/C7H8N2O3S/c1-4(6-8-2-3-13-6)9-5(10)7(11)12/h2-4H,1H3,(H,9,10)(H,11,12). The molecular formula is C7H8N2O3S. The van der Waals surface area contributed by atoms with Crippen LogP contribution >= 0.6 is 11.3 Å². The van der Waals surface area contributed by atoms with E-state index in [4.69, 9.17) is 5.11 Å². The second-order valence-electron chi connectivity index (χ2n) is 2.37. The predicted octanol–water partition coefficient (Wildman–Crippen LogP) is 0.405. The second-order valence-corrected chi connectivity index (χ2v) is 3.30. The van der Waals surface area contributed by atoms with Gasteiger partial charge in [0.15, 0.2) is 0 Å². The molecule has 0 aliphatic rings. The molecule has 13 heavy (non-hydrogen) atoms. The van der Waals surface area contributed by atoms with Crippen molar-refractivity contribution in [2.45, 2.75) is 13.0 Å².